The molecule has 0 aliphatic carbocycles. The number of rotatable bonds is 0. The van der Waals surface area contributed by atoms with E-state index in [1.54, 1.807) is 0 Å². The van der Waals surface area contributed by atoms with Crippen LogP contribution < -0.4 is 5.32 Å². The summed E-state index contributed by atoms with van der Waals surface area (Å²) in [6, 6.07) is 16.3. The van der Waals surface area contributed by atoms with Gasteiger partial charge in [-0.1, -0.05) is 36.4 Å². The number of carbonyl (C=O) groups excluding carboxylic acids is 2. The van der Waals surface area contributed by atoms with Crippen molar-refractivity contribution in [2.75, 3.05) is 0 Å². The first-order valence-electron chi connectivity index (χ1n) is 10.6. The van der Waals surface area contributed by atoms with E-state index in [2.05, 4.69) is 32.7 Å². The van der Waals surface area contributed by atoms with E-state index in [1.807, 2.05) is 37.3 Å². The molecule has 1 fully saturated rings. The summed E-state index contributed by atoms with van der Waals surface area (Å²) in [5, 5.41) is 7.14. The zero-order valence-corrected chi connectivity index (χ0v) is 16.7. The third-order valence-electron chi connectivity index (χ3n) is 7.47. The van der Waals surface area contributed by atoms with Gasteiger partial charge in [0.15, 0.2) is 5.78 Å². The molecule has 31 heavy (non-hydrogen) atoms. The van der Waals surface area contributed by atoms with Crippen molar-refractivity contribution in [2.24, 2.45) is 0 Å². The summed E-state index contributed by atoms with van der Waals surface area (Å²) in [4.78, 5) is 26.4. The molecule has 0 radical (unpaired) electrons. The first-order valence-corrected chi connectivity index (χ1v) is 10.6. The lowest BCUT2D eigenvalue weighted by Gasteiger charge is -2.25. The Morgan fingerprint density at radius 2 is 1.68 bits per heavy atom. The molecule has 150 valence electrons. The van der Waals surface area contributed by atoms with Crippen molar-refractivity contribution >= 4 is 55.3 Å². The van der Waals surface area contributed by atoms with Crippen LogP contribution in [0.15, 0.2) is 48.5 Å². The van der Waals surface area contributed by atoms with Crippen LogP contribution in [-0.2, 0) is 21.8 Å². The molecule has 2 atom stereocenters. The number of ketones is 1. The summed E-state index contributed by atoms with van der Waals surface area (Å²) in [6.07, 6.45) is -0.0923. The summed E-state index contributed by atoms with van der Waals surface area (Å²) in [6.45, 7) is 2.38. The molecule has 1 saturated heterocycles. The Morgan fingerprint density at radius 1 is 0.968 bits per heavy atom. The van der Waals surface area contributed by atoms with E-state index < -0.39 is 12.0 Å². The predicted molar refractivity (Wildman–Crippen MR) is 117 cm³/mol. The third kappa shape index (κ3) is 1.55. The van der Waals surface area contributed by atoms with Gasteiger partial charge >= 0.3 is 0 Å². The molecule has 5 aromatic rings. The average Bonchev–Trinajstić information content (AvgIpc) is 3.46. The number of benzene rings is 3. The Labute approximate surface area is 176 Å². The average molecular weight is 407 g/mol. The van der Waals surface area contributed by atoms with Crippen molar-refractivity contribution in [1.82, 2.24) is 14.5 Å². The fourth-order valence-corrected chi connectivity index (χ4v) is 6.26. The number of Topliss-reactive ketones (excluding diaryl/α,β-unsaturated/α-hetero) is 1. The summed E-state index contributed by atoms with van der Waals surface area (Å²) < 4.78 is 10.8. The number of carbonyl (C=O) groups is 2. The van der Waals surface area contributed by atoms with E-state index in [0.717, 1.165) is 54.7 Å². The first-order chi connectivity index (χ1) is 15.1. The molecule has 1 unspecified atom stereocenters. The first kappa shape index (κ1) is 16.1. The molecule has 2 bridgehead atoms. The van der Waals surface area contributed by atoms with Gasteiger partial charge in [-0.2, -0.15) is 0 Å². The summed E-state index contributed by atoms with van der Waals surface area (Å²) in [5.74, 6) is 0.0423. The molecule has 1 N–H and O–H groups in total. The number of fused-ring (bicyclic) bond motifs is 13. The van der Waals surface area contributed by atoms with Crippen LogP contribution in [-0.4, -0.2) is 20.8 Å². The molecule has 8 rings (SSSR count). The molecule has 6 nitrogen and oxygen atoms in total. The van der Waals surface area contributed by atoms with Crippen molar-refractivity contribution in [3.05, 3.63) is 59.7 Å². The fraction of sp³-hybridized carbons (Fsp3) is 0.200. The van der Waals surface area contributed by atoms with Gasteiger partial charge in [0.2, 0.25) is 5.72 Å². The molecule has 1 amide bonds. The molecule has 0 saturated carbocycles. The van der Waals surface area contributed by atoms with Gasteiger partial charge in [0.1, 0.15) is 6.23 Å². The van der Waals surface area contributed by atoms with Crippen molar-refractivity contribution in [3.63, 3.8) is 0 Å². The molecule has 6 heteroatoms. The third-order valence-corrected chi connectivity index (χ3v) is 7.47. The normalized spacial score (nSPS) is 24.1. The number of nitrogens with zero attached hydrogens (tertiary/aromatic N) is 2. The molecular weight excluding hydrogens is 390 g/mol. The van der Waals surface area contributed by atoms with Gasteiger partial charge in [0.25, 0.3) is 5.91 Å². The Kier molecular flexibility index (Phi) is 2.50. The maximum atomic E-state index is 13.4. The zero-order chi connectivity index (χ0) is 20.6. The van der Waals surface area contributed by atoms with Crippen molar-refractivity contribution in [3.8, 4) is 0 Å². The Bertz CT molecular complexity index is 1710. The van der Waals surface area contributed by atoms with Gasteiger partial charge in [-0.3, -0.25) is 9.59 Å². The number of para-hydroxylation sites is 2. The highest BCUT2D eigenvalue weighted by atomic mass is 16.6. The number of nitrogens with one attached hydrogen (secondary N) is 1. The van der Waals surface area contributed by atoms with E-state index in [1.165, 1.54) is 0 Å². The number of aromatic nitrogens is 2. The second kappa shape index (κ2) is 4.81. The highest BCUT2D eigenvalue weighted by Crippen LogP contribution is 2.53. The van der Waals surface area contributed by atoms with Crippen LogP contribution in [0.3, 0.4) is 0 Å². The van der Waals surface area contributed by atoms with Crippen LogP contribution in [0.4, 0.5) is 0 Å². The van der Waals surface area contributed by atoms with Gasteiger partial charge in [-0.25, -0.2) is 0 Å². The molecule has 3 aromatic carbocycles. The lowest BCUT2D eigenvalue weighted by molar-refractivity contribution is -0.145. The molecule has 3 aliphatic rings. The predicted octanol–water partition coefficient (Wildman–Crippen LogP) is 4.32. The lowest BCUT2D eigenvalue weighted by atomic mass is 9.96. The summed E-state index contributed by atoms with van der Waals surface area (Å²) in [7, 11) is 0. The second-order valence-corrected chi connectivity index (χ2v) is 8.91. The maximum Gasteiger partial charge on any atom is 0.252 e. The monoisotopic (exact) mass is 407 g/mol. The minimum Gasteiger partial charge on any atom is -0.348 e. The number of hydrogen-bond acceptors (Lipinski definition) is 3. The van der Waals surface area contributed by atoms with Crippen LogP contribution in [0.25, 0.3) is 43.6 Å². The molecule has 2 aromatic heterocycles. The Morgan fingerprint density at radius 3 is 2.48 bits per heavy atom. The van der Waals surface area contributed by atoms with Gasteiger partial charge in [-0.15, -0.1) is 0 Å². The number of ether oxygens (including phenoxy) is 1. The fourth-order valence-electron chi connectivity index (χ4n) is 6.26. The Hall–Kier alpha value is -3.64. The van der Waals surface area contributed by atoms with Gasteiger partial charge in [-0.05, 0) is 24.6 Å². The quantitative estimate of drug-likeness (QED) is 0.416. The van der Waals surface area contributed by atoms with Crippen LogP contribution >= 0.6 is 0 Å². The van der Waals surface area contributed by atoms with E-state index in [0.29, 0.717) is 13.0 Å². The van der Waals surface area contributed by atoms with Gasteiger partial charge < -0.3 is 19.2 Å². The van der Waals surface area contributed by atoms with Crippen LogP contribution in [0, 0.1) is 0 Å². The highest BCUT2D eigenvalue weighted by Gasteiger charge is 2.51. The van der Waals surface area contributed by atoms with Crippen LogP contribution in [0.5, 0.6) is 0 Å². The van der Waals surface area contributed by atoms with E-state index in [-0.39, 0.29) is 11.7 Å². The lowest BCUT2D eigenvalue weighted by Crippen LogP contribution is -2.35. The van der Waals surface area contributed by atoms with Crippen LogP contribution in [0.1, 0.15) is 35.5 Å². The summed E-state index contributed by atoms with van der Waals surface area (Å²) >= 11 is 0. The zero-order valence-electron chi connectivity index (χ0n) is 16.7. The minimum atomic E-state index is -1.08. The highest BCUT2D eigenvalue weighted by molar-refractivity contribution is 6.31. The maximum absolute atomic E-state index is 13.4. The molecule has 5 heterocycles. The smallest absolute Gasteiger partial charge is 0.252 e. The SMILES string of the molecule is C[C@]12OC(CC1=O)n1c3ccccc3c3c4c(c5c6ccccc6n2c5c31)CNC4=O. The Balaban J connectivity index is 1.82. The molecule has 3 aliphatic heterocycles. The molecular formula is C25H17N3O3. The summed E-state index contributed by atoms with van der Waals surface area (Å²) in [5.41, 5.74) is 4.62. The van der Waals surface area contributed by atoms with Gasteiger partial charge in [0, 0.05) is 28.1 Å². The van der Waals surface area contributed by atoms with Crippen molar-refractivity contribution in [1.29, 1.82) is 0 Å². The van der Waals surface area contributed by atoms with E-state index in [9.17, 15) is 9.59 Å². The molecule has 0 spiro atoms. The van der Waals surface area contributed by atoms with Crippen molar-refractivity contribution in [2.45, 2.75) is 31.8 Å². The van der Waals surface area contributed by atoms with Crippen molar-refractivity contribution < 1.29 is 14.3 Å². The van der Waals surface area contributed by atoms with E-state index in [4.69, 9.17) is 4.74 Å². The van der Waals surface area contributed by atoms with Crippen LogP contribution in [0.2, 0.25) is 0 Å². The largest absolute Gasteiger partial charge is 0.348 e. The minimum absolute atomic E-state index is 0.0331. The number of amides is 1. The topological polar surface area (TPSA) is 65.3 Å². The standard InChI is InChI=1S/C25H17N3O3/c1-25-17(29)10-18(31-25)27-15-8-4-2-6-12(15)20-21-14(11-26-24(21)30)19-13-7-3-5-9-16(13)28(25)23(19)22(20)27/h2-9,18H,10-11H2,1H3,(H,26,30)/t18?,25-/m0/s1. The van der Waals surface area contributed by atoms with E-state index >= 15 is 0 Å². The number of hydrogen-bond donors (Lipinski definition) is 1. The van der Waals surface area contributed by atoms with Gasteiger partial charge in [0.05, 0.1) is 34.1 Å². The second-order valence-electron chi connectivity index (χ2n) is 8.91.